The highest BCUT2D eigenvalue weighted by Crippen LogP contribution is 2.29. The molecule has 1 atom stereocenters. The van der Waals surface area contributed by atoms with Gasteiger partial charge in [-0.3, -0.25) is 0 Å². The molecule has 0 saturated carbocycles. The van der Waals surface area contributed by atoms with E-state index in [1.54, 1.807) is 19.6 Å². The summed E-state index contributed by atoms with van der Waals surface area (Å²) >= 11 is 0. The first-order valence-corrected chi connectivity index (χ1v) is 6.56. The molecule has 0 saturated heterocycles. The second-order valence-corrected chi connectivity index (χ2v) is 4.74. The number of aromatic nitrogens is 1. The SMILES string of the molecule is COc1ccc(CCN2C=Nc3[nH]ccc3C2O)cc1. The Morgan fingerprint density at radius 1 is 1.30 bits per heavy atom. The molecular weight excluding hydrogens is 254 g/mol. The Morgan fingerprint density at radius 2 is 2.10 bits per heavy atom. The number of H-pyrrole nitrogens is 1. The lowest BCUT2D eigenvalue weighted by molar-refractivity contribution is 0.0552. The van der Waals surface area contributed by atoms with Crippen LogP contribution in [0.5, 0.6) is 5.75 Å². The van der Waals surface area contributed by atoms with Gasteiger partial charge in [0.2, 0.25) is 0 Å². The molecule has 0 radical (unpaired) electrons. The topological polar surface area (TPSA) is 60.8 Å². The minimum atomic E-state index is -0.632. The van der Waals surface area contributed by atoms with Gasteiger partial charge in [-0.1, -0.05) is 12.1 Å². The summed E-state index contributed by atoms with van der Waals surface area (Å²) in [5.41, 5.74) is 2.02. The lowest BCUT2D eigenvalue weighted by Gasteiger charge is -2.28. The normalized spacial score (nSPS) is 17.1. The maximum Gasteiger partial charge on any atom is 0.157 e. The Kier molecular flexibility index (Phi) is 3.43. The zero-order valence-corrected chi connectivity index (χ0v) is 11.3. The number of hydrogen-bond acceptors (Lipinski definition) is 4. The number of nitrogens with one attached hydrogen (secondary N) is 1. The Bertz CT molecular complexity index is 604. The van der Waals surface area contributed by atoms with Gasteiger partial charge in [0.05, 0.1) is 13.4 Å². The van der Waals surface area contributed by atoms with E-state index in [9.17, 15) is 5.11 Å². The fourth-order valence-electron chi connectivity index (χ4n) is 2.30. The van der Waals surface area contributed by atoms with Crippen molar-refractivity contribution < 1.29 is 9.84 Å². The maximum atomic E-state index is 10.3. The summed E-state index contributed by atoms with van der Waals surface area (Å²) < 4.78 is 5.14. The second kappa shape index (κ2) is 5.38. The largest absolute Gasteiger partial charge is 0.497 e. The predicted octanol–water partition coefficient (Wildman–Crippen LogP) is 2.23. The van der Waals surface area contributed by atoms with Crippen LogP contribution in [0.1, 0.15) is 17.4 Å². The number of ether oxygens (including phenoxy) is 1. The number of fused-ring (bicyclic) bond motifs is 1. The number of aliphatic imine (C=N–C) groups is 1. The van der Waals surface area contributed by atoms with Gasteiger partial charge in [-0.25, -0.2) is 4.99 Å². The van der Waals surface area contributed by atoms with Crippen molar-refractivity contribution in [2.75, 3.05) is 13.7 Å². The van der Waals surface area contributed by atoms with Gasteiger partial charge in [-0.15, -0.1) is 0 Å². The smallest absolute Gasteiger partial charge is 0.157 e. The number of aliphatic hydroxyl groups is 1. The molecule has 1 unspecified atom stereocenters. The van der Waals surface area contributed by atoms with E-state index in [1.165, 1.54) is 5.56 Å². The van der Waals surface area contributed by atoms with Crippen LogP contribution >= 0.6 is 0 Å². The third kappa shape index (κ3) is 2.40. The average molecular weight is 271 g/mol. The van der Waals surface area contributed by atoms with Crippen LogP contribution in [0.4, 0.5) is 5.82 Å². The van der Waals surface area contributed by atoms with E-state index in [-0.39, 0.29) is 0 Å². The van der Waals surface area contributed by atoms with E-state index in [0.29, 0.717) is 6.54 Å². The van der Waals surface area contributed by atoms with Crippen LogP contribution in [-0.2, 0) is 6.42 Å². The molecule has 5 nitrogen and oxygen atoms in total. The van der Waals surface area contributed by atoms with Gasteiger partial charge in [0, 0.05) is 18.3 Å². The molecule has 1 aliphatic heterocycles. The van der Waals surface area contributed by atoms with Crippen molar-refractivity contribution >= 4 is 12.2 Å². The van der Waals surface area contributed by atoms with Crippen molar-refractivity contribution in [3.8, 4) is 5.75 Å². The quantitative estimate of drug-likeness (QED) is 0.896. The molecule has 1 aromatic heterocycles. The molecule has 2 heterocycles. The summed E-state index contributed by atoms with van der Waals surface area (Å²) in [4.78, 5) is 9.12. The van der Waals surface area contributed by atoms with Crippen molar-refractivity contribution in [2.24, 2.45) is 4.99 Å². The molecule has 1 aromatic carbocycles. The number of benzene rings is 1. The van der Waals surface area contributed by atoms with Crippen LogP contribution < -0.4 is 4.74 Å². The first-order chi connectivity index (χ1) is 9.78. The van der Waals surface area contributed by atoms with Crippen LogP contribution in [-0.4, -0.2) is 35.0 Å². The van der Waals surface area contributed by atoms with Crippen LogP contribution in [0, 0.1) is 0 Å². The van der Waals surface area contributed by atoms with Crippen LogP contribution in [0.2, 0.25) is 0 Å². The number of nitrogens with zero attached hydrogens (tertiary/aromatic N) is 2. The van der Waals surface area contributed by atoms with Crippen molar-refractivity contribution in [3.63, 3.8) is 0 Å². The molecule has 20 heavy (non-hydrogen) atoms. The van der Waals surface area contributed by atoms with Crippen molar-refractivity contribution in [1.82, 2.24) is 9.88 Å². The number of rotatable bonds is 4. The zero-order chi connectivity index (χ0) is 13.9. The maximum absolute atomic E-state index is 10.3. The van der Waals surface area contributed by atoms with Gasteiger partial charge in [-0.2, -0.15) is 0 Å². The molecule has 0 aliphatic carbocycles. The lowest BCUT2D eigenvalue weighted by Crippen LogP contribution is -2.31. The third-order valence-electron chi connectivity index (χ3n) is 3.50. The van der Waals surface area contributed by atoms with Crippen LogP contribution in [0.3, 0.4) is 0 Å². The highest BCUT2D eigenvalue weighted by Gasteiger charge is 2.22. The minimum Gasteiger partial charge on any atom is -0.497 e. The van der Waals surface area contributed by atoms with E-state index in [1.807, 2.05) is 35.2 Å². The van der Waals surface area contributed by atoms with Crippen molar-refractivity contribution in [1.29, 1.82) is 0 Å². The molecule has 0 spiro atoms. The molecule has 5 heteroatoms. The number of hydrogen-bond donors (Lipinski definition) is 2. The van der Waals surface area contributed by atoms with Gasteiger partial charge in [0.1, 0.15) is 11.6 Å². The van der Waals surface area contributed by atoms with E-state index >= 15 is 0 Å². The summed E-state index contributed by atoms with van der Waals surface area (Å²) in [5.74, 6) is 1.59. The third-order valence-corrected chi connectivity index (χ3v) is 3.50. The summed E-state index contributed by atoms with van der Waals surface area (Å²) in [6.07, 6.45) is 3.69. The first kappa shape index (κ1) is 12.7. The fourth-order valence-corrected chi connectivity index (χ4v) is 2.30. The fraction of sp³-hybridized carbons (Fsp3) is 0.267. The van der Waals surface area contributed by atoms with Gasteiger partial charge in [0.25, 0.3) is 0 Å². The van der Waals surface area contributed by atoms with Crippen molar-refractivity contribution in [2.45, 2.75) is 12.6 Å². The molecule has 2 aromatic rings. The van der Waals surface area contributed by atoms with Crippen LogP contribution in [0.25, 0.3) is 0 Å². The average Bonchev–Trinajstić information content (AvgIpc) is 2.96. The highest BCUT2D eigenvalue weighted by molar-refractivity contribution is 5.65. The molecule has 104 valence electrons. The molecular formula is C15H17N3O2. The monoisotopic (exact) mass is 271 g/mol. The Balaban J connectivity index is 1.64. The summed E-state index contributed by atoms with van der Waals surface area (Å²) in [6.45, 7) is 0.710. The predicted molar refractivity (Wildman–Crippen MR) is 77.3 cm³/mol. The van der Waals surface area contributed by atoms with Crippen LogP contribution in [0.15, 0.2) is 41.5 Å². The molecule has 2 N–H and O–H groups in total. The first-order valence-electron chi connectivity index (χ1n) is 6.56. The van der Waals surface area contributed by atoms with Gasteiger partial charge >= 0.3 is 0 Å². The molecule has 1 aliphatic rings. The number of aromatic amines is 1. The number of aliphatic hydroxyl groups excluding tert-OH is 1. The summed E-state index contributed by atoms with van der Waals surface area (Å²) in [6, 6.07) is 9.82. The van der Waals surface area contributed by atoms with Crippen molar-refractivity contribution in [3.05, 3.63) is 47.7 Å². The van der Waals surface area contributed by atoms with Gasteiger partial charge in [0.15, 0.2) is 6.23 Å². The molecule has 0 amide bonds. The van der Waals surface area contributed by atoms with E-state index < -0.39 is 6.23 Å². The second-order valence-electron chi connectivity index (χ2n) is 4.74. The standard InChI is InChI=1S/C15H17N3O2/c1-20-12-4-2-11(3-5-12)7-9-18-10-17-14-13(15(18)19)6-8-16-14/h2-6,8,10,15-16,19H,7,9H2,1H3. The minimum absolute atomic E-state index is 0.632. The van der Waals surface area contributed by atoms with E-state index in [4.69, 9.17) is 4.74 Å². The Hall–Kier alpha value is -2.27. The van der Waals surface area contributed by atoms with Gasteiger partial charge < -0.3 is 19.7 Å². The molecule has 0 fully saturated rings. The van der Waals surface area contributed by atoms with E-state index in [0.717, 1.165) is 23.6 Å². The highest BCUT2D eigenvalue weighted by atomic mass is 16.5. The molecule has 0 bridgehead atoms. The summed E-state index contributed by atoms with van der Waals surface area (Å²) in [5, 5.41) is 10.3. The summed E-state index contributed by atoms with van der Waals surface area (Å²) in [7, 11) is 1.66. The molecule has 3 rings (SSSR count). The Morgan fingerprint density at radius 3 is 2.85 bits per heavy atom. The zero-order valence-electron chi connectivity index (χ0n) is 11.3. The van der Waals surface area contributed by atoms with Gasteiger partial charge in [-0.05, 0) is 30.2 Å². The number of methoxy groups -OCH3 is 1. The Labute approximate surface area is 117 Å². The van der Waals surface area contributed by atoms with E-state index in [2.05, 4.69) is 9.98 Å². The lowest BCUT2D eigenvalue weighted by atomic mass is 10.1.